The molecule has 2 atom stereocenters. The molecule has 0 spiro atoms. The second-order valence-corrected chi connectivity index (χ2v) is 7.88. The predicted octanol–water partition coefficient (Wildman–Crippen LogP) is 2.21. The minimum absolute atomic E-state index is 0.0710. The molecule has 6 heteroatoms. The summed E-state index contributed by atoms with van der Waals surface area (Å²) >= 11 is 0. The number of nitrogens with one attached hydrogen (secondary N) is 1. The van der Waals surface area contributed by atoms with Gasteiger partial charge in [-0.3, -0.25) is 4.90 Å². The first-order valence-electron chi connectivity index (χ1n) is 9.78. The summed E-state index contributed by atoms with van der Waals surface area (Å²) in [5.41, 5.74) is 2.41. The van der Waals surface area contributed by atoms with Crippen molar-refractivity contribution in [1.29, 1.82) is 0 Å². The van der Waals surface area contributed by atoms with Crippen molar-refractivity contribution in [2.45, 2.75) is 31.2 Å². The van der Waals surface area contributed by atoms with E-state index in [1.165, 1.54) is 18.4 Å². The molecular formula is C20H26N4O2. The monoisotopic (exact) mass is 354 g/mol. The third-order valence-electron chi connectivity index (χ3n) is 6.36. The van der Waals surface area contributed by atoms with Gasteiger partial charge in [0.2, 0.25) is 11.7 Å². The Bertz CT molecular complexity index is 741. The lowest BCUT2D eigenvalue weighted by atomic mass is 9.80. The molecule has 2 aliphatic heterocycles. The van der Waals surface area contributed by atoms with Gasteiger partial charge in [0.05, 0.1) is 18.6 Å². The number of nitrogens with zero attached hydrogens (tertiary/aromatic N) is 3. The molecule has 2 saturated heterocycles. The zero-order valence-electron chi connectivity index (χ0n) is 15.1. The van der Waals surface area contributed by atoms with Crippen molar-refractivity contribution < 1.29 is 9.26 Å². The third kappa shape index (κ3) is 2.86. The first-order chi connectivity index (χ1) is 12.8. The maximum atomic E-state index is 5.74. The number of rotatable bonds is 4. The topological polar surface area (TPSA) is 63.4 Å². The number of ether oxygens (including phenoxy) is 1. The van der Waals surface area contributed by atoms with Gasteiger partial charge in [-0.15, -0.1) is 0 Å². The molecule has 1 N–H and O–H groups in total. The number of hydrogen-bond acceptors (Lipinski definition) is 6. The molecule has 1 aliphatic carbocycles. The van der Waals surface area contributed by atoms with Crippen LogP contribution >= 0.6 is 0 Å². The van der Waals surface area contributed by atoms with E-state index in [1.807, 2.05) is 0 Å². The fraction of sp³-hybridized carbons (Fsp3) is 0.600. The van der Waals surface area contributed by atoms with E-state index in [-0.39, 0.29) is 5.41 Å². The van der Waals surface area contributed by atoms with Crippen LogP contribution in [0.2, 0.25) is 0 Å². The van der Waals surface area contributed by atoms with Gasteiger partial charge in [0.1, 0.15) is 0 Å². The second kappa shape index (κ2) is 6.76. The van der Waals surface area contributed by atoms with Crippen LogP contribution in [0.5, 0.6) is 0 Å². The summed E-state index contributed by atoms with van der Waals surface area (Å²) in [6.45, 7) is 6.70. The number of morpholine rings is 1. The molecule has 5 rings (SSSR count). The van der Waals surface area contributed by atoms with E-state index < -0.39 is 0 Å². The Kier molecular flexibility index (Phi) is 4.27. The van der Waals surface area contributed by atoms with E-state index in [0.29, 0.717) is 11.7 Å². The number of benzene rings is 1. The highest BCUT2D eigenvalue weighted by Crippen LogP contribution is 2.47. The SMILES string of the molecule is c1cc(-c2noc([C@@]34CCC[C@@H]3CNC4)n2)ccc1CN1CCOCC1. The Balaban J connectivity index is 1.32. The van der Waals surface area contributed by atoms with Crippen molar-refractivity contribution in [3.05, 3.63) is 35.7 Å². The van der Waals surface area contributed by atoms with Crippen LogP contribution in [0.1, 0.15) is 30.7 Å². The van der Waals surface area contributed by atoms with Crippen LogP contribution in [0, 0.1) is 5.92 Å². The van der Waals surface area contributed by atoms with E-state index in [1.54, 1.807) is 0 Å². The van der Waals surface area contributed by atoms with E-state index >= 15 is 0 Å². The average molecular weight is 354 g/mol. The lowest BCUT2D eigenvalue weighted by molar-refractivity contribution is 0.0342. The highest BCUT2D eigenvalue weighted by molar-refractivity contribution is 5.54. The Morgan fingerprint density at radius 1 is 1.19 bits per heavy atom. The minimum atomic E-state index is 0.0710. The average Bonchev–Trinajstić information content (AvgIpc) is 3.38. The van der Waals surface area contributed by atoms with Gasteiger partial charge in [0, 0.05) is 31.7 Å². The van der Waals surface area contributed by atoms with Crippen molar-refractivity contribution in [2.24, 2.45) is 5.92 Å². The molecule has 1 saturated carbocycles. The third-order valence-corrected chi connectivity index (χ3v) is 6.36. The molecule has 0 amide bonds. The molecule has 3 aliphatic rings. The highest BCUT2D eigenvalue weighted by Gasteiger charge is 2.51. The number of aromatic nitrogens is 2. The van der Waals surface area contributed by atoms with E-state index in [9.17, 15) is 0 Å². The van der Waals surface area contributed by atoms with Crippen LogP contribution in [-0.2, 0) is 16.7 Å². The zero-order chi connectivity index (χ0) is 17.4. The molecule has 3 heterocycles. The molecule has 2 aromatic rings. The minimum Gasteiger partial charge on any atom is -0.379 e. The van der Waals surface area contributed by atoms with Crippen LogP contribution in [-0.4, -0.2) is 54.4 Å². The van der Waals surface area contributed by atoms with Gasteiger partial charge in [-0.1, -0.05) is 35.8 Å². The Hall–Kier alpha value is -1.76. The van der Waals surface area contributed by atoms with Crippen molar-refractivity contribution in [3.63, 3.8) is 0 Å². The van der Waals surface area contributed by atoms with Gasteiger partial charge in [-0.2, -0.15) is 4.98 Å². The number of hydrogen-bond donors (Lipinski definition) is 1. The Morgan fingerprint density at radius 2 is 2.04 bits per heavy atom. The van der Waals surface area contributed by atoms with Crippen molar-refractivity contribution in [2.75, 3.05) is 39.4 Å². The summed E-state index contributed by atoms with van der Waals surface area (Å²) in [4.78, 5) is 7.22. The molecule has 0 bridgehead atoms. The summed E-state index contributed by atoms with van der Waals surface area (Å²) in [6.07, 6.45) is 3.69. The predicted molar refractivity (Wildman–Crippen MR) is 97.7 cm³/mol. The first-order valence-corrected chi connectivity index (χ1v) is 9.78. The summed E-state index contributed by atoms with van der Waals surface area (Å²) in [6, 6.07) is 8.57. The van der Waals surface area contributed by atoms with Crippen LogP contribution in [0.15, 0.2) is 28.8 Å². The van der Waals surface area contributed by atoms with Gasteiger partial charge in [0.25, 0.3) is 0 Å². The smallest absolute Gasteiger partial charge is 0.234 e. The lowest BCUT2D eigenvalue weighted by Gasteiger charge is -2.26. The maximum absolute atomic E-state index is 5.74. The molecule has 0 radical (unpaired) electrons. The van der Waals surface area contributed by atoms with Crippen molar-refractivity contribution >= 4 is 0 Å². The first kappa shape index (κ1) is 16.4. The van der Waals surface area contributed by atoms with Crippen LogP contribution in [0.4, 0.5) is 0 Å². The molecule has 26 heavy (non-hydrogen) atoms. The van der Waals surface area contributed by atoms with Crippen molar-refractivity contribution in [3.8, 4) is 11.4 Å². The molecule has 6 nitrogen and oxygen atoms in total. The fourth-order valence-corrected chi connectivity index (χ4v) is 4.82. The second-order valence-electron chi connectivity index (χ2n) is 7.88. The lowest BCUT2D eigenvalue weighted by Crippen LogP contribution is -2.35. The van der Waals surface area contributed by atoms with Gasteiger partial charge < -0.3 is 14.6 Å². The van der Waals surface area contributed by atoms with Crippen LogP contribution in [0.25, 0.3) is 11.4 Å². The molecule has 0 unspecified atom stereocenters. The standard InChI is InChI=1S/C20H26N4O2/c1-2-17-12-21-14-20(17,7-1)19-22-18(23-26-19)16-5-3-15(4-6-16)13-24-8-10-25-11-9-24/h3-6,17,21H,1-2,7-14H2/t17-,20-/m1/s1. The van der Waals surface area contributed by atoms with E-state index in [2.05, 4.69) is 39.6 Å². The normalized spacial score (nSPS) is 29.2. The summed E-state index contributed by atoms with van der Waals surface area (Å²) in [5.74, 6) is 2.19. The van der Waals surface area contributed by atoms with Gasteiger partial charge in [0.15, 0.2) is 0 Å². The van der Waals surface area contributed by atoms with Crippen molar-refractivity contribution in [1.82, 2.24) is 20.4 Å². The fourth-order valence-electron chi connectivity index (χ4n) is 4.82. The largest absolute Gasteiger partial charge is 0.379 e. The van der Waals surface area contributed by atoms with Gasteiger partial charge >= 0.3 is 0 Å². The quantitative estimate of drug-likeness (QED) is 0.908. The zero-order valence-corrected chi connectivity index (χ0v) is 15.1. The summed E-state index contributed by atoms with van der Waals surface area (Å²) in [5, 5.41) is 7.81. The number of fused-ring (bicyclic) bond motifs is 1. The van der Waals surface area contributed by atoms with Crippen LogP contribution in [0.3, 0.4) is 0 Å². The molecular weight excluding hydrogens is 328 g/mol. The molecule has 1 aromatic heterocycles. The molecule has 3 fully saturated rings. The van der Waals surface area contributed by atoms with Crippen LogP contribution < -0.4 is 5.32 Å². The highest BCUT2D eigenvalue weighted by atomic mass is 16.5. The summed E-state index contributed by atoms with van der Waals surface area (Å²) < 4.78 is 11.2. The Morgan fingerprint density at radius 3 is 2.88 bits per heavy atom. The Labute approximate surface area is 153 Å². The maximum Gasteiger partial charge on any atom is 0.234 e. The van der Waals surface area contributed by atoms with E-state index in [4.69, 9.17) is 14.2 Å². The van der Waals surface area contributed by atoms with Gasteiger partial charge in [-0.05, 0) is 30.9 Å². The molecule has 1 aromatic carbocycles. The molecule has 138 valence electrons. The van der Waals surface area contributed by atoms with E-state index in [0.717, 1.165) is 63.8 Å². The van der Waals surface area contributed by atoms with Gasteiger partial charge in [-0.25, -0.2) is 0 Å². The summed E-state index contributed by atoms with van der Waals surface area (Å²) in [7, 11) is 0.